The molecule has 0 amide bonds. The van der Waals surface area contributed by atoms with Crippen LogP contribution in [0.1, 0.15) is 43.4 Å². The van der Waals surface area contributed by atoms with Gasteiger partial charge in [-0.25, -0.2) is 4.39 Å². The van der Waals surface area contributed by atoms with E-state index in [1.165, 1.54) is 0 Å². The first-order valence-electron chi connectivity index (χ1n) is 7.86. The van der Waals surface area contributed by atoms with Crippen LogP contribution < -0.4 is 5.32 Å². The van der Waals surface area contributed by atoms with Crippen molar-refractivity contribution in [3.05, 3.63) is 34.1 Å². The third-order valence-electron chi connectivity index (χ3n) is 4.19. The Bertz CT molecular complexity index is 535. The molecule has 2 rings (SSSR count). The maximum Gasteiger partial charge on any atom is 0.416 e. The first-order chi connectivity index (χ1) is 10.9. The predicted molar refractivity (Wildman–Crippen MR) is 97.6 cm³/mol. The van der Waals surface area contributed by atoms with Crippen molar-refractivity contribution in [2.45, 2.75) is 38.4 Å². The van der Waals surface area contributed by atoms with Crippen molar-refractivity contribution in [3.8, 4) is 0 Å². The normalized spacial score (nSPS) is 16.7. The summed E-state index contributed by atoms with van der Waals surface area (Å²) >= 11 is 5.78. The van der Waals surface area contributed by atoms with Crippen molar-refractivity contribution in [1.29, 1.82) is 0 Å². The fraction of sp³-hybridized carbons (Fsp3) is 0.625. The lowest BCUT2D eigenvalue weighted by Gasteiger charge is -2.36. The van der Waals surface area contributed by atoms with Crippen molar-refractivity contribution >= 4 is 36.4 Å². The molecule has 0 spiro atoms. The van der Waals surface area contributed by atoms with Gasteiger partial charge in [-0.1, -0.05) is 31.4 Å². The molecular weight excluding hydrogens is 403 g/mol. The number of rotatable bonds is 5. The van der Waals surface area contributed by atoms with E-state index in [2.05, 4.69) is 5.32 Å². The van der Waals surface area contributed by atoms with Gasteiger partial charge in [0.05, 0.1) is 10.6 Å². The molecule has 25 heavy (non-hydrogen) atoms. The number of unbranched alkanes of at least 4 members (excludes halogenated alkanes) is 1. The summed E-state index contributed by atoms with van der Waals surface area (Å²) in [6, 6.07) is 1.27. The van der Waals surface area contributed by atoms with Gasteiger partial charge in [-0.3, -0.25) is 4.90 Å². The molecule has 146 valence electrons. The standard InChI is InChI=1S/C16H21ClF4N2.2ClH/c1-2-3-4-13(23-9-7-22-8-10-23)14-11(16(19,20)21)5-6-12(17)15(14)18;;/h5-6,13,22H,2-4,7-10H2,1H3;2*1H/t13-;;/m0../s1. The lowest BCUT2D eigenvalue weighted by atomic mass is 9.93. The number of halogens is 7. The summed E-state index contributed by atoms with van der Waals surface area (Å²) in [5.41, 5.74) is -1.22. The van der Waals surface area contributed by atoms with Crippen molar-refractivity contribution in [3.63, 3.8) is 0 Å². The molecule has 1 aliphatic heterocycles. The SMILES string of the molecule is CCCC[C@@H](c1c(C(F)(F)F)ccc(Cl)c1F)N1CCNCC1.Cl.Cl. The van der Waals surface area contributed by atoms with Crippen LogP contribution in [-0.2, 0) is 6.18 Å². The molecular formula is C16H23Cl3F4N2. The minimum Gasteiger partial charge on any atom is -0.314 e. The molecule has 2 nitrogen and oxygen atoms in total. The number of hydrogen-bond donors (Lipinski definition) is 1. The van der Waals surface area contributed by atoms with Gasteiger partial charge in [0.1, 0.15) is 5.82 Å². The van der Waals surface area contributed by atoms with Crippen LogP contribution in [0, 0.1) is 5.82 Å². The van der Waals surface area contributed by atoms with E-state index >= 15 is 0 Å². The van der Waals surface area contributed by atoms with E-state index in [9.17, 15) is 17.6 Å². The quantitative estimate of drug-likeness (QED) is 0.629. The second kappa shape index (κ2) is 10.8. The molecule has 9 heteroatoms. The fourth-order valence-corrected chi connectivity index (χ4v) is 3.20. The Morgan fingerprint density at radius 2 is 1.80 bits per heavy atom. The molecule has 0 saturated carbocycles. The Morgan fingerprint density at radius 1 is 1.20 bits per heavy atom. The van der Waals surface area contributed by atoms with Crippen molar-refractivity contribution < 1.29 is 17.6 Å². The third-order valence-corrected chi connectivity index (χ3v) is 4.49. The lowest BCUT2D eigenvalue weighted by Crippen LogP contribution is -2.45. The molecule has 1 heterocycles. The number of benzene rings is 1. The monoisotopic (exact) mass is 424 g/mol. The van der Waals surface area contributed by atoms with E-state index in [1.54, 1.807) is 0 Å². The van der Waals surface area contributed by atoms with Crippen LogP contribution in [0.25, 0.3) is 0 Å². The van der Waals surface area contributed by atoms with Crippen molar-refractivity contribution in [2.24, 2.45) is 0 Å². The van der Waals surface area contributed by atoms with Crippen LogP contribution >= 0.6 is 36.4 Å². The van der Waals surface area contributed by atoms with Crippen LogP contribution in [0.3, 0.4) is 0 Å². The average molecular weight is 426 g/mol. The predicted octanol–water partition coefficient (Wildman–Crippen LogP) is 5.48. The number of nitrogens with one attached hydrogen (secondary N) is 1. The molecule has 1 fully saturated rings. The lowest BCUT2D eigenvalue weighted by molar-refractivity contribution is -0.139. The first kappa shape index (κ1) is 24.7. The van der Waals surface area contributed by atoms with Gasteiger partial charge in [0.15, 0.2) is 0 Å². The van der Waals surface area contributed by atoms with Gasteiger partial charge in [-0.05, 0) is 18.6 Å². The summed E-state index contributed by atoms with van der Waals surface area (Å²) in [6.07, 6.45) is -2.54. The van der Waals surface area contributed by atoms with Gasteiger partial charge in [-0.15, -0.1) is 24.8 Å². The molecule has 0 radical (unpaired) electrons. The van der Waals surface area contributed by atoms with E-state index < -0.39 is 23.6 Å². The van der Waals surface area contributed by atoms with E-state index in [-0.39, 0.29) is 35.4 Å². The summed E-state index contributed by atoms with van der Waals surface area (Å²) < 4.78 is 54.7. The van der Waals surface area contributed by atoms with Crippen LogP contribution in [0.2, 0.25) is 5.02 Å². The largest absolute Gasteiger partial charge is 0.416 e. The highest BCUT2D eigenvalue weighted by molar-refractivity contribution is 6.30. The smallest absolute Gasteiger partial charge is 0.314 e. The summed E-state index contributed by atoms with van der Waals surface area (Å²) in [6.45, 7) is 4.53. The van der Waals surface area contributed by atoms with E-state index in [0.717, 1.165) is 25.0 Å². The Balaban J connectivity index is 0.00000288. The minimum absolute atomic E-state index is 0. The molecule has 0 bridgehead atoms. The summed E-state index contributed by atoms with van der Waals surface area (Å²) in [5, 5.41) is 2.90. The van der Waals surface area contributed by atoms with Gasteiger partial charge in [0.25, 0.3) is 0 Å². The van der Waals surface area contributed by atoms with Crippen molar-refractivity contribution in [2.75, 3.05) is 26.2 Å². The number of nitrogens with zero attached hydrogens (tertiary/aromatic N) is 1. The van der Waals surface area contributed by atoms with Crippen LogP contribution in [0.15, 0.2) is 12.1 Å². The summed E-state index contributed by atoms with van der Waals surface area (Å²) in [4.78, 5) is 1.93. The summed E-state index contributed by atoms with van der Waals surface area (Å²) in [7, 11) is 0. The zero-order valence-corrected chi connectivity index (χ0v) is 16.2. The number of hydrogen-bond acceptors (Lipinski definition) is 2. The van der Waals surface area contributed by atoms with Gasteiger partial charge < -0.3 is 5.32 Å². The van der Waals surface area contributed by atoms with E-state index in [0.29, 0.717) is 32.6 Å². The molecule has 1 N–H and O–H groups in total. The zero-order valence-electron chi connectivity index (χ0n) is 13.8. The molecule has 1 aliphatic rings. The van der Waals surface area contributed by atoms with Crippen LogP contribution in [0.5, 0.6) is 0 Å². The minimum atomic E-state index is -4.60. The Hall–Kier alpha value is -0.270. The number of alkyl halides is 3. The first-order valence-corrected chi connectivity index (χ1v) is 8.24. The van der Waals surface area contributed by atoms with Crippen LogP contribution in [0.4, 0.5) is 17.6 Å². The highest BCUT2D eigenvalue weighted by Crippen LogP contribution is 2.41. The Kier molecular flexibility index (Phi) is 10.7. The summed E-state index contributed by atoms with van der Waals surface area (Å²) in [5.74, 6) is -0.943. The molecule has 1 aromatic carbocycles. The molecule has 0 unspecified atom stereocenters. The molecule has 1 saturated heterocycles. The fourth-order valence-electron chi connectivity index (χ4n) is 3.04. The van der Waals surface area contributed by atoms with Crippen LogP contribution in [-0.4, -0.2) is 31.1 Å². The van der Waals surface area contributed by atoms with Gasteiger partial charge in [0, 0.05) is 37.8 Å². The second-order valence-corrected chi connectivity index (χ2v) is 6.17. The Morgan fingerprint density at radius 3 is 2.32 bits per heavy atom. The maximum atomic E-state index is 14.6. The topological polar surface area (TPSA) is 15.3 Å². The van der Waals surface area contributed by atoms with E-state index in [1.807, 2.05) is 11.8 Å². The molecule has 0 aromatic heterocycles. The molecule has 1 aromatic rings. The van der Waals surface area contributed by atoms with Crippen molar-refractivity contribution in [1.82, 2.24) is 10.2 Å². The zero-order chi connectivity index (χ0) is 17.0. The van der Waals surface area contributed by atoms with Gasteiger partial charge >= 0.3 is 6.18 Å². The third kappa shape index (κ3) is 6.14. The van der Waals surface area contributed by atoms with E-state index in [4.69, 9.17) is 11.6 Å². The average Bonchev–Trinajstić information content (AvgIpc) is 2.51. The van der Waals surface area contributed by atoms with Gasteiger partial charge in [-0.2, -0.15) is 13.2 Å². The molecule has 0 aliphatic carbocycles. The highest BCUT2D eigenvalue weighted by atomic mass is 35.5. The highest BCUT2D eigenvalue weighted by Gasteiger charge is 2.39. The molecule has 1 atom stereocenters. The second-order valence-electron chi connectivity index (χ2n) is 5.76. The van der Waals surface area contributed by atoms with Gasteiger partial charge in [0.2, 0.25) is 0 Å². The Labute approximate surface area is 163 Å². The number of piperazine rings is 1. The maximum absolute atomic E-state index is 14.6.